The number of rotatable bonds is 6. The van der Waals surface area contributed by atoms with Crippen LogP contribution in [-0.4, -0.2) is 28.3 Å². The van der Waals surface area contributed by atoms with Gasteiger partial charge in [-0.15, -0.1) is 0 Å². The molecule has 0 aliphatic heterocycles. The summed E-state index contributed by atoms with van der Waals surface area (Å²) in [5, 5.41) is 4.71. The average Bonchev–Trinajstić information content (AvgIpc) is 3.12. The van der Waals surface area contributed by atoms with Crippen LogP contribution >= 0.6 is 0 Å². The van der Waals surface area contributed by atoms with Gasteiger partial charge in [0.05, 0.1) is 11.4 Å². The average molecular weight is 375 g/mol. The molecular formula is C22H21N3O3. The number of primary amides is 1. The van der Waals surface area contributed by atoms with Gasteiger partial charge in [-0.2, -0.15) is 5.10 Å². The zero-order valence-electron chi connectivity index (χ0n) is 15.8. The number of carbonyl (C=O) groups is 2. The van der Waals surface area contributed by atoms with Gasteiger partial charge < -0.3 is 10.5 Å². The molecule has 0 aliphatic rings. The second kappa shape index (κ2) is 8.35. The molecule has 2 aromatic carbocycles. The Morgan fingerprint density at radius 3 is 2.54 bits per heavy atom. The number of hydrogen-bond donors (Lipinski definition) is 1. The molecule has 0 aliphatic carbocycles. The molecule has 0 fully saturated rings. The van der Waals surface area contributed by atoms with Crippen LogP contribution in [0.3, 0.4) is 0 Å². The van der Waals surface area contributed by atoms with Gasteiger partial charge in [0, 0.05) is 23.4 Å². The van der Waals surface area contributed by atoms with Gasteiger partial charge in [-0.1, -0.05) is 30.3 Å². The van der Waals surface area contributed by atoms with Crippen molar-refractivity contribution in [1.82, 2.24) is 9.78 Å². The highest BCUT2D eigenvalue weighted by atomic mass is 16.5. The molecule has 3 rings (SSSR count). The summed E-state index contributed by atoms with van der Waals surface area (Å²) in [7, 11) is 0. The number of aryl methyl sites for hydroxylation is 2. The van der Waals surface area contributed by atoms with Crippen molar-refractivity contribution in [2.75, 3.05) is 6.61 Å². The van der Waals surface area contributed by atoms with E-state index in [9.17, 15) is 9.59 Å². The number of esters is 1. The second-order valence-corrected chi connectivity index (χ2v) is 6.42. The highest BCUT2D eigenvalue weighted by molar-refractivity contribution is 5.90. The molecule has 0 radical (unpaired) electrons. The van der Waals surface area contributed by atoms with Gasteiger partial charge in [0.25, 0.3) is 5.91 Å². The Morgan fingerprint density at radius 2 is 1.86 bits per heavy atom. The molecule has 3 aromatic rings. The Hall–Kier alpha value is -3.67. The molecule has 0 saturated carbocycles. The van der Waals surface area contributed by atoms with E-state index in [0.717, 1.165) is 28.1 Å². The molecule has 6 nitrogen and oxygen atoms in total. The summed E-state index contributed by atoms with van der Waals surface area (Å²) in [6.45, 7) is 3.65. The minimum absolute atomic E-state index is 0.448. The summed E-state index contributed by atoms with van der Waals surface area (Å²) in [6.07, 6.45) is 4.73. The molecule has 2 N–H and O–H groups in total. The second-order valence-electron chi connectivity index (χ2n) is 6.42. The third kappa shape index (κ3) is 4.54. The molecule has 0 spiro atoms. The molecular weight excluding hydrogens is 354 g/mol. The van der Waals surface area contributed by atoms with Crippen molar-refractivity contribution in [3.8, 4) is 16.9 Å². The Labute approximate surface area is 163 Å². The lowest BCUT2D eigenvalue weighted by Crippen LogP contribution is -2.19. The summed E-state index contributed by atoms with van der Waals surface area (Å²) < 4.78 is 6.53. The molecule has 0 unspecified atom stereocenters. The lowest BCUT2D eigenvalue weighted by Gasteiger charge is -2.04. The van der Waals surface area contributed by atoms with Crippen LogP contribution < -0.4 is 5.73 Å². The number of ether oxygens (including phenoxy) is 1. The maximum absolute atomic E-state index is 11.8. The zero-order chi connectivity index (χ0) is 20.1. The van der Waals surface area contributed by atoms with Gasteiger partial charge in [0.15, 0.2) is 6.61 Å². The normalized spacial score (nSPS) is 10.9. The van der Waals surface area contributed by atoms with Crippen LogP contribution in [-0.2, 0) is 14.3 Å². The van der Waals surface area contributed by atoms with Gasteiger partial charge in [0.2, 0.25) is 0 Å². The highest BCUT2D eigenvalue weighted by Gasteiger charge is 2.12. The standard InChI is InChI=1S/C22H21N3O3/c1-15-8-9-17(12-16(15)2)22-18(10-11-21(27)28-14-20(23)26)13-25(24-22)19-6-4-3-5-7-19/h3-13H,14H2,1-2H3,(H2,23,26)/b11-10+. The number of carbonyl (C=O) groups excluding carboxylic acids is 2. The first kappa shape index (κ1) is 19.1. The molecule has 1 amide bonds. The van der Waals surface area contributed by atoms with Crippen molar-refractivity contribution in [3.63, 3.8) is 0 Å². The number of para-hydroxylation sites is 1. The van der Waals surface area contributed by atoms with Crippen LogP contribution in [0.5, 0.6) is 0 Å². The highest BCUT2D eigenvalue weighted by Crippen LogP contribution is 2.26. The number of aromatic nitrogens is 2. The van der Waals surface area contributed by atoms with Crippen molar-refractivity contribution in [1.29, 1.82) is 0 Å². The smallest absolute Gasteiger partial charge is 0.331 e. The summed E-state index contributed by atoms with van der Waals surface area (Å²) in [5.74, 6) is -1.34. The SMILES string of the molecule is Cc1ccc(-c2nn(-c3ccccc3)cc2/C=C/C(=O)OCC(N)=O)cc1C. The lowest BCUT2D eigenvalue weighted by molar-refractivity contribution is -0.142. The Morgan fingerprint density at radius 1 is 1.11 bits per heavy atom. The van der Waals surface area contributed by atoms with E-state index in [2.05, 4.69) is 13.0 Å². The quantitative estimate of drug-likeness (QED) is 0.529. The first-order chi connectivity index (χ1) is 13.4. The van der Waals surface area contributed by atoms with Crippen LogP contribution in [0.2, 0.25) is 0 Å². The van der Waals surface area contributed by atoms with Gasteiger partial charge in [-0.3, -0.25) is 4.79 Å². The van der Waals surface area contributed by atoms with E-state index in [0.29, 0.717) is 0 Å². The zero-order valence-corrected chi connectivity index (χ0v) is 15.8. The molecule has 0 bridgehead atoms. The monoisotopic (exact) mass is 375 g/mol. The molecule has 1 aromatic heterocycles. The fraction of sp³-hybridized carbons (Fsp3) is 0.136. The van der Waals surface area contributed by atoms with Crippen molar-refractivity contribution in [3.05, 3.63) is 77.5 Å². The van der Waals surface area contributed by atoms with E-state index in [-0.39, 0.29) is 0 Å². The maximum atomic E-state index is 11.8. The Kier molecular flexibility index (Phi) is 5.69. The fourth-order valence-electron chi connectivity index (χ4n) is 2.68. The summed E-state index contributed by atoms with van der Waals surface area (Å²) in [6, 6.07) is 15.8. The molecule has 0 saturated heterocycles. The van der Waals surface area contributed by atoms with E-state index in [4.69, 9.17) is 15.6 Å². The Balaban J connectivity index is 1.99. The lowest BCUT2D eigenvalue weighted by atomic mass is 10.0. The van der Waals surface area contributed by atoms with Crippen LogP contribution in [0.15, 0.2) is 60.8 Å². The summed E-state index contributed by atoms with van der Waals surface area (Å²) >= 11 is 0. The fourth-order valence-corrected chi connectivity index (χ4v) is 2.68. The summed E-state index contributed by atoms with van der Waals surface area (Å²) in [5.41, 5.74) is 10.7. The molecule has 1 heterocycles. The van der Waals surface area contributed by atoms with Gasteiger partial charge in [-0.25, -0.2) is 9.48 Å². The van der Waals surface area contributed by atoms with Crippen LogP contribution in [0.25, 0.3) is 23.0 Å². The first-order valence-electron chi connectivity index (χ1n) is 8.80. The molecule has 28 heavy (non-hydrogen) atoms. The molecule has 142 valence electrons. The van der Waals surface area contributed by atoms with E-state index in [1.54, 1.807) is 10.8 Å². The van der Waals surface area contributed by atoms with E-state index in [1.165, 1.54) is 11.6 Å². The van der Waals surface area contributed by atoms with Gasteiger partial charge in [0.1, 0.15) is 0 Å². The minimum Gasteiger partial charge on any atom is -0.452 e. The number of nitrogens with two attached hydrogens (primary N) is 1. The third-order valence-electron chi connectivity index (χ3n) is 4.30. The minimum atomic E-state index is -0.700. The van der Waals surface area contributed by atoms with Gasteiger partial charge >= 0.3 is 5.97 Å². The largest absolute Gasteiger partial charge is 0.452 e. The van der Waals surface area contributed by atoms with Gasteiger partial charge in [-0.05, 0) is 49.2 Å². The van der Waals surface area contributed by atoms with Crippen molar-refractivity contribution >= 4 is 18.0 Å². The third-order valence-corrected chi connectivity index (χ3v) is 4.30. The first-order valence-corrected chi connectivity index (χ1v) is 8.80. The van der Waals surface area contributed by atoms with E-state index >= 15 is 0 Å². The van der Waals surface area contributed by atoms with Crippen LogP contribution in [0.4, 0.5) is 0 Å². The number of benzene rings is 2. The van der Waals surface area contributed by atoms with Crippen LogP contribution in [0.1, 0.15) is 16.7 Å². The molecule has 0 atom stereocenters. The van der Waals surface area contributed by atoms with Crippen LogP contribution in [0, 0.1) is 13.8 Å². The summed E-state index contributed by atoms with van der Waals surface area (Å²) in [4.78, 5) is 22.5. The topological polar surface area (TPSA) is 87.2 Å². The van der Waals surface area contributed by atoms with Crippen molar-refractivity contribution in [2.45, 2.75) is 13.8 Å². The number of nitrogens with zero attached hydrogens (tertiary/aromatic N) is 2. The van der Waals surface area contributed by atoms with Crippen molar-refractivity contribution < 1.29 is 14.3 Å². The predicted molar refractivity (Wildman–Crippen MR) is 108 cm³/mol. The maximum Gasteiger partial charge on any atom is 0.331 e. The van der Waals surface area contributed by atoms with E-state index in [1.807, 2.05) is 55.6 Å². The molecule has 6 heteroatoms. The van der Waals surface area contributed by atoms with Crippen molar-refractivity contribution in [2.24, 2.45) is 5.73 Å². The number of amides is 1. The number of hydrogen-bond acceptors (Lipinski definition) is 4. The predicted octanol–water partition coefficient (Wildman–Crippen LogP) is 3.20. The van der Waals surface area contributed by atoms with E-state index < -0.39 is 18.5 Å². The Bertz CT molecular complexity index is 1040.